The van der Waals surface area contributed by atoms with E-state index in [9.17, 15) is 4.79 Å². The van der Waals surface area contributed by atoms with Crippen molar-refractivity contribution < 1.29 is 9.53 Å². The molecule has 0 amide bonds. The van der Waals surface area contributed by atoms with Crippen molar-refractivity contribution >= 4 is 5.78 Å². The van der Waals surface area contributed by atoms with Gasteiger partial charge in [0.25, 0.3) is 0 Å². The third kappa shape index (κ3) is 2.05. The molecule has 0 aromatic carbocycles. The minimum atomic E-state index is -0.187. The van der Waals surface area contributed by atoms with Crippen LogP contribution in [0.4, 0.5) is 0 Å². The smallest absolute Gasteiger partial charge is 0.165 e. The molecule has 12 heavy (non-hydrogen) atoms. The molecule has 3 heteroatoms. The molecule has 1 rings (SSSR count). The minimum Gasteiger partial charge on any atom is -0.374 e. The van der Waals surface area contributed by atoms with Crippen molar-refractivity contribution in [2.24, 2.45) is 11.1 Å². The Morgan fingerprint density at radius 2 is 2.25 bits per heavy atom. The second-order valence-electron chi connectivity index (χ2n) is 3.46. The molecule has 0 spiro atoms. The van der Waals surface area contributed by atoms with Gasteiger partial charge in [0.2, 0.25) is 0 Å². The summed E-state index contributed by atoms with van der Waals surface area (Å²) in [6.45, 7) is 3.44. The molecule has 0 aliphatic heterocycles. The Labute approximate surface area is 73.3 Å². The topological polar surface area (TPSA) is 52.3 Å². The molecule has 3 nitrogen and oxygen atoms in total. The fraction of sp³-hybridized carbons (Fsp3) is 0.889. The van der Waals surface area contributed by atoms with Crippen LogP contribution in [0.25, 0.3) is 0 Å². The number of rotatable bonds is 6. The summed E-state index contributed by atoms with van der Waals surface area (Å²) in [5, 5.41) is 0. The van der Waals surface area contributed by atoms with Crippen LogP contribution in [0.2, 0.25) is 0 Å². The summed E-state index contributed by atoms with van der Waals surface area (Å²) < 4.78 is 5.17. The van der Waals surface area contributed by atoms with E-state index in [2.05, 4.69) is 0 Å². The van der Waals surface area contributed by atoms with E-state index in [-0.39, 0.29) is 17.8 Å². The molecule has 2 N–H and O–H groups in total. The summed E-state index contributed by atoms with van der Waals surface area (Å²) in [5.41, 5.74) is 5.31. The number of ketones is 1. The van der Waals surface area contributed by atoms with Crippen LogP contribution in [0, 0.1) is 5.41 Å². The zero-order valence-electron chi connectivity index (χ0n) is 7.64. The highest BCUT2D eigenvalue weighted by Crippen LogP contribution is 2.45. The van der Waals surface area contributed by atoms with Crippen molar-refractivity contribution in [2.45, 2.75) is 26.2 Å². The summed E-state index contributed by atoms with van der Waals surface area (Å²) in [5.74, 6) is 0.193. The normalized spacial score (nSPS) is 19.2. The number of hydrogen-bond acceptors (Lipinski definition) is 3. The zero-order valence-corrected chi connectivity index (χ0v) is 7.64. The first-order valence-corrected chi connectivity index (χ1v) is 4.56. The maximum absolute atomic E-state index is 11.4. The summed E-state index contributed by atoms with van der Waals surface area (Å²) in [4.78, 5) is 11.4. The van der Waals surface area contributed by atoms with E-state index in [0.717, 1.165) is 19.3 Å². The highest BCUT2D eigenvalue weighted by atomic mass is 16.5. The summed E-state index contributed by atoms with van der Waals surface area (Å²) >= 11 is 0. The minimum absolute atomic E-state index is 0.187. The van der Waals surface area contributed by atoms with Crippen LogP contribution in [0.5, 0.6) is 0 Å². The number of Topliss-reactive ketones (excluding diaryl/α,β-unsaturated/α-hetero) is 1. The fourth-order valence-electron chi connectivity index (χ4n) is 1.21. The maximum Gasteiger partial charge on any atom is 0.165 e. The Hall–Kier alpha value is -0.410. The Morgan fingerprint density at radius 3 is 2.67 bits per heavy atom. The van der Waals surface area contributed by atoms with Crippen molar-refractivity contribution in [3.63, 3.8) is 0 Å². The van der Waals surface area contributed by atoms with Gasteiger partial charge in [-0.25, -0.2) is 0 Å². The van der Waals surface area contributed by atoms with Gasteiger partial charge in [-0.05, 0) is 19.3 Å². The molecule has 70 valence electrons. The quantitative estimate of drug-likeness (QED) is 0.599. The second-order valence-corrected chi connectivity index (χ2v) is 3.46. The number of nitrogens with two attached hydrogens (primary N) is 1. The molecule has 0 aromatic heterocycles. The van der Waals surface area contributed by atoms with E-state index < -0.39 is 0 Å². The molecule has 1 aliphatic rings. The first kappa shape index (κ1) is 9.68. The molecule has 0 bridgehead atoms. The number of hydrogen-bond donors (Lipinski definition) is 1. The Kier molecular flexibility index (Phi) is 3.23. The van der Waals surface area contributed by atoms with Crippen LogP contribution < -0.4 is 5.73 Å². The van der Waals surface area contributed by atoms with Crippen LogP contribution in [0.3, 0.4) is 0 Å². The molecule has 1 aliphatic carbocycles. The summed E-state index contributed by atoms with van der Waals surface area (Å²) in [6, 6.07) is 0. The zero-order chi connectivity index (χ0) is 9.03. The lowest BCUT2D eigenvalue weighted by Gasteiger charge is -2.10. The largest absolute Gasteiger partial charge is 0.374 e. The molecular weight excluding hydrogens is 154 g/mol. The van der Waals surface area contributed by atoms with E-state index in [1.54, 1.807) is 0 Å². The van der Waals surface area contributed by atoms with E-state index in [1.165, 1.54) is 0 Å². The maximum atomic E-state index is 11.4. The lowest BCUT2D eigenvalue weighted by atomic mass is 10.0. The van der Waals surface area contributed by atoms with E-state index in [0.29, 0.717) is 13.2 Å². The summed E-state index contributed by atoms with van der Waals surface area (Å²) in [7, 11) is 0. The number of carbonyl (C=O) groups is 1. The van der Waals surface area contributed by atoms with Gasteiger partial charge in [0, 0.05) is 18.6 Å². The third-order valence-corrected chi connectivity index (χ3v) is 2.42. The van der Waals surface area contributed by atoms with Crippen LogP contribution in [0.1, 0.15) is 26.2 Å². The SMILES string of the molecule is CCCOCC(=O)C1(CN)CC1. The van der Waals surface area contributed by atoms with Crippen LogP contribution in [0.15, 0.2) is 0 Å². The lowest BCUT2D eigenvalue weighted by Crippen LogP contribution is -2.28. The molecule has 0 unspecified atom stereocenters. The van der Waals surface area contributed by atoms with Gasteiger partial charge in [0.05, 0.1) is 0 Å². The molecule has 0 aromatic rings. The van der Waals surface area contributed by atoms with Gasteiger partial charge < -0.3 is 10.5 Å². The second kappa shape index (κ2) is 4.01. The van der Waals surface area contributed by atoms with Crippen molar-refractivity contribution in [2.75, 3.05) is 19.8 Å². The van der Waals surface area contributed by atoms with Crippen molar-refractivity contribution in [1.82, 2.24) is 0 Å². The Bertz CT molecular complexity index is 164. The van der Waals surface area contributed by atoms with Crippen LogP contribution in [-0.2, 0) is 9.53 Å². The third-order valence-electron chi connectivity index (χ3n) is 2.42. The Morgan fingerprint density at radius 1 is 1.58 bits per heavy atom. The molecule has 0 heterocycles. The van der Waals surface area contributed by atoms with Gasteiger partial charge in [-0.1, -0.05) is 6.92 Å². The highest BCUT2D eigenvalue weighted by molar-refractivity contribution is 5.88. The molecule has 0 saturated heterocycles. The first-order chi connectivity index (χ1) is 5.75. The van der Waals surface area contributed by atoms with Crippen LogP contribution >= 0.6 is 0 Å². The van der Waals surface area contributed by atoms with Gasteiger partial charge in [0.15, 0.2) is 5.78 Å². The molecule has 1 fully saturated rings. The monoisotopic (exact) mass is 171 g/mol. The van der Waals surface area contributed by atoms with Gasteiger partial charge in [-0.15, -0.1) is 0 Å². The van der Waals surface area contributed by atoms with Gasteiger partial charge in [-0.3, -0.25) is 4.79 Å². The molecular formula is C9H17NO2. The van der Waals surface area contributed by atoms with Crippen molar-refractivity contribution in [3.05, 3.63) is 0 Å². The van der Waals surface area contributed by atoms with E-state index in [4.69, 9.17) is 10.5 Å². The molecule has 1 saturated carbocycles. The standard InChI is InChI=1S/C9H17NO2/c1-2-5-12-6-8(11)9(7-10)3-4-9/h2-7,10H2,1H3. The first-order valence-electron chi connectivity index (χ1n) is 4.56. The predicted molar refractivity (Wildman–Crippen MR) is 46.8 cm³/mol. The fourth-order valence-corrected chi connectivity index (χ4v) is 1.21. The molecule has 0 radical (unpaired) electrons. The van der Waals surface area contributed by atoms with Gasteiger partial charge in [-0.2, -0.15) is 0 Å². The van der Waals surface area contributed by atoms with Crippen molar-refractivity contribution in [1.29, 1.82) is 0 Å². The highest BCUT2D eigenvalue weighted by Gasteiger charge is 2.47. The van der Waals surface area contributed by atoms with Crippen LogP contribution in [-0.4, -0.2) is 25.5 Å². The molecule has 0 atom stereocenters. The van der Waals surface area contributed by atoms with E-state index >= 15 is 0 Å². The predicted octanol–water partition coefficient (Wildman–Crippen LogP) is 0.721. The number of ether oxygens (including phenoxy) is 1. The van der Waals surface area contributed by atoms with Crippen molar-refractivity contribution in [3.8, 4) is 0 Å². The summed E-state index contributed by atoms with van der Waals surface area (Å²) in [6.07, 6.45) is 2.87. The van der Waals surface area contributed by atoms with E-state index in [1.807, 2.05) is 6.92 Å². The lowest BCUT2D eigenvalue weighted by molar-refractivity contribution is -0.128. The number of carbonyl (C=O) groups excluding carboxylic acids is 1. The Balaban J connectivity index is 2.20. The van der Waals surface area contributed by atoms with Gasteiger partial charge >= 0.3 is 0 Å². The average molecular weight is 171 g/mol. The average Bonchev–Trinajstić information content (AvgIpc) is 2.85. The van der Waals surface area contributed by atoms with Gasteiger partial charge in [0.1, 0.15) is 6.61 Å².